The predicted octanol–water partition coefficient (Wildman–Crippen LogP) is 4.54. The Morgan fingerprint density at radius 2 is 1.72 bits per heavy atom. The first-order valence-corrected chi connectivity index (χ1v) is 9.03. The number of benzene rings is 2. The first-order chi connectivity index (χ1) is 12.0. The number of amides is 2. The first-order valence-electron chi connectivity index (χ1n) is 8.22. The van der Waals surface area contributed by atoms with E-state index in [1.54, 1.807) is 24.3 Å². The molecule has 2 aromatic carbocycles. The van der Waals surface area contributed by atoms with Gasteiger partial charge in [0.1, 0.15) is 0 Å². The maximum absolute atomic E-state index is 12.6. The zero-order valence-corrected chi connectivity index (χ0v) is 15.0. The van der Waals surface area contributed by atoms with E-state index in [2.05, 4.69) is 10.6 Å². The molecular weight excluding hydrogens is 332 g/mol. The number of fused-ring (bicyclic) bond motifs is 1. The van der Waals surface area contributed by atoms with E-state index in [0.717, 1.165) is 10.1 Å². The summed E-state index contributed by atoms with van der Waals surface area (Å²) < 4.78 is 1.07. The number of nitrogens with one attached hydrogen (secondary N) is 2. The highest BCUT2D eigenvalue weighted by Gasteiger charge is 2.15. The van der Waals surface area contributed by atoms with Crippen molar-refractivity contribution < 1.29 is 9.59 Å². The molecule has 0 aliphatic heterocycles. The third-order valence-corrected chi connectivity index (χ3v) is 4.85. The van der Waals surface area contributed by atoms with Gasteiger partial charge in [-0.1, -0.05) is 44.2 Å². The van der Waals surface area contributed by atoms with Crippen molar-refractivity contribution in [1.82, 2.24) is 5.32 Å². The van der Waals surface area contributed by atoms with Gasteiger partial charge < -0.3 is 10.6 Å². The molecule has 3 rings (SSSR count). The molecule has 4 nitrogen and oxygen atoms in total. The standard InChI is InChI=1S/C20H20N2O2S/c1-13(2)12-21-19(23)15-8-4-5-9-16(15)22-20(24)18-11-14-7-3-6-10-17(14)25-18/h3-11,13H,12H2,1-2H3,(H,21,23)(H,22,24). The summed E-state index contributed by atoms with van der Waals surface area (Å²) in [6.07, 6.45) is 0. The third-order valence-electron chi connectivity index (χ3n) is 3.74. The number of anilines is 1. The summed E-state index contributed by atoms with van der Waals surface area (Å²) in [6, 6.07) is 16.8. The lowest BCUT2D eigenvalue weighted by Gasteiger charge is -2.12. The van der Waals surface area contributed by atoms with Crippen LogP contribution in [0.5, 0.6) is 0 Å². The van der Waals surface area contributed by atoms with Crippen LogP contribution in [0.15, 0.2) is 54.6 Å². The Bertz CT molecular complexity index is 882. The second-order valence-corrected chi connectivity index (χ2v) is 7.34. The molecule has 1 aromatic heterocycles. The van der Waals surface area contributed by atoms with Crippen LogP contribution in [0.1, 0.15) is 33.9 Å². The second-order valence-electron chi connectivity index (χ2n) is 6.25. The number of thiophene rings is 1. The van der Waals surface area contributed by atoms with E-state index in [9.17, 15) is 9.59 Å². The zero-order valence-electron chi connectivity index (χ0n) is 14.2. The van der Waals surface area contributed by atoms with E-state index < -0.39 is 0 Å². The maximum atomic E-state index is 12.6. The Hall–Kier alpha value is -2.66. The summed E-state index contributed by atoms with van der Waals surface area (Å²) in [5, 5.41) is 6.79. The summed E-state index contributed by atoms with van der Waals surface area (Å²) >= 11 is 1.44. The third kappa shape index (κ3) is 4.06. The smallest absolute Gasteiger partial charge is 0.265 e. The van der Waals surface area contributed by atoms with Crippen LogP contribution < -0.4 is 10.6 Å². The first kappa shape index (κ1) is 17.2. The van der Waals surface area contributed by atoms with Gasteiger partial charge in [-0.2, -0.15) is 0 Å². The van der Waals surface area contributed by atoms with Gasteiger partial charge in [-0.3, -0.25) is 9.59 Å². The summed E-state index contributed by atoms with van der Waals surface area (Å²) in [4.78, 5) is 25.6. The minimum atomic E-state index is -0.203. The summed E-state index contributed by atoms with van der Waals surface area (Å²) in [6.45, 7) is 4.67. The molecule has 0 saturated carbocycles. The molecule has 128 valence electrons. The summed E-state index contributed by atoms with van der Waals surface area (Å²) in [7, 11) is 0. The van der Waals surface area contributed by atoms with Crippen molar-refractivity contribution >= 4 is 38.9 Å². The predicted molar refractivity (Wildman–Crippen MR) is 103 cm³/mol. The largest absolute Gasteiger partial charge is 0.352 e. The van der Waals surface area contributed by atoms with Crippen molar-refractivity contribution in [2.75, 3.05) is 11.9 Å². The van der Waals surface area contributed by atoms with Crippen LogP contribution in [0.25, 0.3) is 10.1 Å². The van der Waals surface area contributed by atoms with Gasteiger partial charge in [-0.15, -0.1) is 11.3 Å². The van der Waals surface area contributed by atoms with Gasteiger partial charge in [0.2, 0.25) is 0 Å². The molecule has 0 aliphatic rings. The van der Waals surface area contributed by atoms with Crippen molar-refractivity contribution in [3.8, 4) is 0 Å². The molecule has 0 fully saturated rings. The Morgan fingerprint density at radius 1 is 1.00 bits per heavy atom. The monoisotopic (exact) mass is 352 g/mol. The lowest BCUT2D eigenvalue weighted by Crippen LogP contribution is -2.28. The highest BCUT2D eigenvalue weighted by Crippen LogP contribution is 2.26. The van der Waals surface area contributed by atoms with Crippen LogP contribution >= 0.6 is 11.3 Å². The van der Waals surface area contributed by atoms with E-state index in [4.69, 9.17) is 0 Å². The van der Waals surface area contributed by atoms with Gasteiger partial charge in [0.15, 0.2) is 0 Å². The Labute approximate surface area is 150 Å². The minimum Gasteiger partial charge on any atom is -0.352 e. The van der Waals surface area contributed by atoms with Gasteiger partial charge in [0.05, 0.1) is 16.1 Å². The van der Waals surface area contributed by atoms with E-state index in [1.807, 2.05) is 44.2 Å². The van der Waals surface area contributed by atoms with Crippen molar-refractivity contribution in [1.29, 1.82) is 0 Å². The fourth-order valence-electron chi connectivity index (χ4n) is 2.46. The lowest BCUT2D eigenvalue weighted by atomic mass is 10.1. The Balaban J connectivity index is 1.80. The van der Waals surface area contributed by atoms with Gasteiger partial charge in [-0.25, -0.2) is 0 Å². The van der Waals surface area contributed by atoms with Crippen molar-refractivity contribution in [3.63, 3.8) is 0 Å². The van der Waals surface area contributed by atoms with E-state index in [1.165, 1.54) is 11.3 Å². The molecule has 0 unspecified atom stereocenters. The molecular formula is C20H20N2O2S. The quantitative estimate of drug-likeness (QED) is 0.708. The topological polar surface area (TPSA) is 58.2 Å². The molecule has 5 heteroatoms. The van der Waals surface area contributed by atoms with Crippen molar-refractivity contribution in [3.05, 3.63) is 65.0 Å². The maximum Gasteiger partial charge on any atom is 0.265 e. The molecule has 1 heterocycles. The van der Waals surface area contributed by atoms with Crippen molar-refractivity contribution in [2.24, 2.45) is 5.92 Å². The fraction of sp³-hybridized carbons (Fsp3) is 0.200. The number of hydrogen-bond acceptors (Lipinski definition) is 3. The minimum absolute atomic E-state index is 0.180. The summed E-state index contributed by atoms with van der Waals surface area (Å²) in [5.74, 6) is -0.0181. The molecule has 0 saturated heterocycles. The Morgan fingerprint density at radius 3 is 2.48 bits per heavy atom. The highest BCUT2D eigenvalue weighted by atomic mass is 32.1. The number of carbonyl (C=O) groups is 2. The molecule has 0 aliphatic carbocycles. The van der Waals surface area contributed by atoms with E-state index in [-0.39, 0.29) is 11.8 Å². The SMILES string of the molecule is CC(C)CNC(=O)c1ccccc1NC(=O)c1cc2ccccc2s1. The molecule has 0 spiro atoms. The van der Waals surface area contributed by atoms with Crippen LogP contribution in [-0.4, -0.2) is 18.4 Å². The number of hydrogen-bond donors (Lipinski definition) is 2. The average molecular weight is 352 g/mol. The van der Waals surface area contributed by atoms with Gasteiger partial charge >= 0.3 is 0 Å². The molecule has 0 bridgehead atoms. The number of carbonyl (C=O) groups excluding carboxylic acids is 2. The zero-order chi connectivity index (χ0) is 17.8. The molecule has 3 aromatic rings. The molecule has 2 N–H and O–H groups in total. The second kappa shape index (κ2) is 7.49. The van der Waals surface area contributed by atoms with Gasteiger partial charge in [0.25, 0.3) is 11.8 Å². The fourth-order valence-corrected chi connectivity index (χ4v) is 3.42. The van der Waals surface area contributed by atoms with Crippen LogP contribution in [-0.2, 0) is 0 Å². The molecule has 0 radical (unpaired) electrons. The van der Waals surface area contributed by atoms with Crippen molar-refractivity contribution in [2.45, 2.75) is 13.8 Å². The number of para-hydroxylation sites is 1. The van der Waals surface area contributed by atoms with Crippen LogP contribution in [0.4, 0.5) is 5.69 Å². The van der Waals surface area contributed by atoms with Crippen LogP contribution in [0.3, 0.4) is 0 Å². The highest BCUT2D eigenvalue weighted by molar-refractivity contribution is 7.20. The molecule has 0 atom stereocenters. The Kier molecular flexibility index (Phi) is 5.14. The number of rotatable bonds is 5. The average Bonchev–Trinajstić information content (AvgIpc) is 3.04. The van der Waals surface area contributed by atoms with Crippen LogP contribution in [0.2, 0.25) is 0 Å². The van der Waals surface area contributed by atoms with E-state index in [0.29, 0.717) is 28.6 Å². The van der Waals surface area contributed by atoms with E-state index >= 15 is 0 Å². The summed E-state index contributed by atoms with van der Waals surface area (Å²) in [5.41, 5.74) is 0.990. The van der Waals surface area contributed by atoms with Gasteiger partial charge in [-0.05, 0) is 35.6 Å². The molecule has 25 heavy (non-hydrogen) atoms. The molecule has 2 amide bonds. The van der Waals surface area contributed by atoms with Gasteiger partial charge in [0, 0.05) is 11.2 Å². The normalized spacial score (nSPS) is 10.8. The van der Waals surface area contributed by atoms with Crippen LogP contribution in [0, 0.1) is 5.92 Å². The lowest BCUT2D eigenvalue weighted by molar-refractivity contribution is 0.0950.